The molecule has 0 spiro atoms. The molecule has 0 aliphatic rings. The smallest absolute Gasteiger partial charge is 0.0649 e. The van der Waals surface area contributed by atoms with E-state index >= 15 is 0 Å². The van der Waals surface area contributed by atoms with Gasteiger partial charge in [0, 0.05) is 12.7 Å². The van der Waals surface area contributed by atoms with Crippen LogP contribution in [0.25, 0.3) is 5.69 Å². The van der Waals surface area contributed by atoms with Crippen molar-refractivity contribution >= 4 is 12.4 Å². The first-order chi connectivity index (χ1) is 6.42. The molecule has 0 saturated heterocycles. The molecule has 1 aromatic carbocycles. The zero-order valence-electron chi connectivity index (χ0n) is 7.63. The lowest BCUT2D eigenvalue weighted by Crippen LogP contribution is -2.06. The highest BCUT2D eigenvalue weighted by Crippen LogP contribution is 2.08. The summed E-state index contributed by atoms with van der Waals surface area (Å²) in [6, 6.07) is 11.9. The Hall–Kier alpha value is -1.32. The van der Waals surface area contributed by atoms with Crippen molar-refractivity contribution in [2.24, 2.45) is 5.73 Å². The van der Waals surface area contributed by atoms with Crippen LogP contribution in [-0.2, 0) is 6.54 Å². The molecule has 0 radical (unpaired) electrons. The summed E-state index contributed by atoms with van der Waals surface area (Å²) < 4.78 is 1.85. The molecule has 4 heteroatoms. The highest BCUT2D eigenvalue weighted by molar-refractivity contribution is 5.85. The van der Waals surface area contributed by atoms with Gasteiger partial charge in [0.1, 0.15) is 0 Å². The van der Waals surface area contributed by atoms with Crippen LogP contribution in [0.15, 0.2) is 42.6 Å². The van der Waals surface area contributed by atoms with Crippen molar-refractivity contribution in [3.05, 3.63) is 48.3 Å². The van der Waals surface area contributed by atoms with Gasteiger partial charge < -0.3 is 5.73 Å². The first-order valence-electron chi connectivity index (χ1n) is 4.20. The van der Waals surface area contributed by atoms with Gasteiger partial charge in [-0.15, -0.1) is 12.4 Å². The summed E-state index contributed by atoms with van der Waals surface area (Å²) in [5.74, 6) is 0. The molecule has 2 N–H and O–H groups in total. The van der Waals surface area contributed by atoms with Gasteiger partial charge in [0.25, 0.3) is 0 Å². The predicted molar refractivity (Wildman–Crippen MR) is 58.7 cm³/mol. The summed E-state index contributed by atoms with van der Waals surface area (Å²) in [6.45, 7) is 0.509. The van der Waals surface area contributed by atoms with E-state index in [1.807, 2.05) is 41.1 Å². The van der Waals surface area contributed by atoms with E-state index in [1.165, 1.54) is 0 Å². The Kier molecular flexibility index (Phi) is 3.68. The molecule has 14 heavy (non-hydrogen) atoms. The average Bonchev–Trinajstić information content (AvgIpc) is 2.67. The van der Waals surface area contributed by atoms with E-state index in [2.05, 4.69) is 5.10 Å². The van der Waals surface area contributed by atoms with Gasteiger partial charge in [-0.3, -0.25) is 0 Å². The molecular formula is C10H12ClN3. The Bertz CT molecular complexity index is 383. The molecule has 2 aromatic rings. The normalized spacial score (nSPS) is 9.50. The maximum atomic E-state index is 5.57. The van der Waals surface area contributed by atoms with Crippen LogP contribution in [0.4, 0.5) is 0 Å². The maximum Gasteiger partial charge on any atom is 0.0649 e. The summed E-state index contributed by atoms with van der Waals surface area (Å²) >= 11 is 0. The predicted octanol–water partition coefficient (Wildman–Crippen LogP) is 1.75. The Morgan fingerprint density at radius 2 is 1.86 bits per heavy atom. The van der Waals surface area contributed by atoms with E-state index in [-0.39, 0.29) is 12.4 Å². The lowest BCUT2D eigenvalue weighted by molar-refractivity contribution is 0.804. The van der Waals surface area contributed by atoms with Crippen molar-refractivity contribution in [2.45, 2.75) is 6.54 Å². The summed E-state index contributed by atoms with van der Waals surface area (Å²) in [6.07, 6.45) is 1.76. The Labute approximate surface area is 89.0 Å². The molecule has 3 nitrogen and oxygen atoms in total. The molecule has 1 aromatic heterocycles. The van der Waals surface area contributed by atoms with Gasteiger partial charge in [-0.05, 0) is 18.2 Å². The highest BCUT2D eigenvalue weighted by atomic mass is 35.5. The highest BCUT2D eigenvalue weighted by Gasteiger charge is 2.00. The van der Waals surface area contributed by atoms with E-state index in [4.69, 9.17) is 5.73 Å². The SMILES string of the molecule is Cl.NCc1ccnn1-c1ccccc1. The molecule has 0 saturated carbocycles. The lowest BCUT2D eigenvalue weighted by Gasteiger charge is -2.04. The number of benzene rings is 1. The zero-order chi connectivity index (χ0) is 9.10. The lowest BCUT2D eigenvalue weighted by atomic mass is 10.3. The third-order valence-corrected chi connectivity index (χ3v) is 1.93. The first-order valence-corrected chi connectivity index (χ1v) is 4.20. The summed E-state index contributed by atoms with van der Waals surface area (Å²) in [5.41, 5.74) is 7.64. The number of hydrogen-bond acceptors (Lipinski definition) is 2. The van der Waals surface area contributed by atoms with Gasteiger partial charge in [0.15, 0.2) is 0 Å². The van der Waals surface area contributed by atoms with Crippen LogP contribution in [0.3, 0.4) is 0 Å². The Morgan fingerprint density at radius 1 is 1.14 bits per heavy atom. The second kappa shape index (κ2) is 4.79. The van der Waals surface area contributed by atoms with Crippen LogP contribution in [0.1, 0.15) is 5.69 Å². The number of nitrogens with zero attached hydrogens (tertiary/aromatic N) is 2. The van der Waals surface area contributed by atoms with Crippen LogP contribution >= 0.6 is 12.4 Å². The molecule has 1 heterocycles. The third kappa shape index (κ3) is 1.95. The van der Waals surface area contributed by atoms with Crippen LogP contribution in [0, 0.1) is 0 Å². The van der Waals surface area contributed by atoms with Crippen molar-refractivity contribution in [1.82, 2.24) is 9.78 Å². The summed E-state index contributed by atoms with van der Waals surface area (Å²) in [7, 11) is 0. The van der Waals surface area contributed by atoms with Crippen LogP contribution in [-0.4, -0.2) is 9.78 Å². The Balaban J connectivity index is 0.000000980. The molecular weight excluding hydrogens is 198 g/mol. The second-order valence-electron chi connectivity index (χ2n) is 2.77. The van der Waals surface area contributed by atoms with Crippen molar-refractivity contribution in [3.63, 3.8) is 0 Å². The van der Waals surface area contributed by atoms with Crippen molar-refractivity contribution in [3.8, 4) is 5.69 Å². The molecule has 74 valence electrons. The van der Waals surface area contributed by atoms with Gasteiger partial charge in [-0.2, -0.15) is 5.10 Å². The number of aromatic nitrogens is 2. The Morgan fingerprint density at radius 3 is 2.50 bits per heavy atom. The number of hydrogen-bond donors (Lipinski definition) is 1. The van der Waals surface area contributed by atoms with Gasteiger partial charge in [-0.1, -0.05) is 18.2 Å². The molecule has 0 aliphatic carbocycles. The van der Waals surface area contributed by atoms with Gasteiger partial charge in [0.2, 0.25) is 0 Å². The van der Waals surface area contributed by atoms with Crippen LogP contribution in [0.2, 0.25) is 0 Å². The molecule has 0 aliphatic heterocycles. The van der Waals surface area contributed by atoms with E-state index in [1.54, 1.807) is 6.20 Å². The van der Waals surface area contributed by atoms with Gasteiger partial charge >= 0.3 is 0 Å². The van der Waals surface area contributed by atoms with Crippen LogP contribution < -0.4 is 5.73 Å². The minimum Gasteiger partial charge on any atom is -0.325 e. The van der Waals surface area contributed by atoms with E-state index in [9.17, 15) is 0 Å². The number of halogens is 1. The fourth-order valence-corrected chi connectivity index (χ4v) is 1.29. The monoisotopic (exact) mass is 209 g/mol. The standard InChI is InChI=1S/C10H11N3.ClH/c11-8-10-6-7-12-13(10)9-4-2-1-3-5-9;/h1-7H,8,11H2;1H. The quantitative estimate of drug-likeness (QED) is 0.819. The second-order valence-corrected chi connectivity index (χ2v) is 2.77. The molecule has 0 unspecified atom stereocenters. The topological polar surface area (TPSA) is 43.8 Å². The molecule has 0 amide bonds. The van der Waals surface area contributed by atoms with Crippen molar-refractivity contribution in [2.75, 3.05) is 0 Å². The third-order valence-electron chi connectivity index (χ3n) is 1.93. The van der Waals surface area contributed by atoms with E-state index in [0.717, 1.165) is 11.4 Å². The largest absolute Gasteiger partial charge is 0.325 e. The van der Waals surface area contributed by atoms with Gasteiger partial charge in [-0.25, -0.2) is 4.68 Å². The molecule has 2 rings (SSSR count). The zero-order valence-corrected chi connectivity index (χ0v) is 8.45. The van der Waals surface area contributed by atoms with Gasteiger partial charge in [0.05, 0.1) is 11.4 Å². The van der Waals surface area contributed by atoms with E-state index in [0.29, 0.717) is 6.54 Å². The fraction of sp³-hybridized carbons (Fsp3) is 0.100. The molecule has 0 fully saturated rings. The maximum absolute atomic E-state index is 5.57. The fourth-order valence-electron chi connectivity index (χ4n) is 1.29. The van der Waals surface area contributed by atoms with Crippen molar-refractivity contribution < 1.29 is 0 Å². The van der Waals surface area contributed by atoms with E-state index < -0.39 is 0 Å². The molecule has 0 atom stereocenters. The minimum absolute atomic E-state index is 0. The molecule has 0 bridgehead atoms. The number of nitrogens with two attached hydrogens (primary N) is 1. The average molecular weight is 210 g/mol. The first kappa shape index (κ1) is 10.8. The number of para-hydroxylation sites is 1. The summed E-state index contributed by atoms with van der Waals surface area (Å²) in [5, 5.41) is 4.19. The number of rotatable bonds is 2. The summed E-state index contributed by atoms with van der Waals surface area (Å²) in [4.78, 5) is 0. The minimum atomic E-state index is 0. The van der Waals surface area contributed by atoms with Crippen molar-refractivity contribution in [1.29, 1.82) is 0 Å². The van der Waals surface area contributed by atoms with Crippen LogP contribution in [0.5, 0.6) is 0 Å².